The molecule has 0 aliphatic heterocycles. The van der Waals surface area contributed by atoms with Crippen LogP contribution in [0.25, 0.3) is 0 Å². The Morgan fingerprint density at radius 2 is 1.08 bits per heavy atom. The lowest BCUT2D eigenvalue weighted by atomic mass is 10.1. The minimum atomic E-state index is -4.12. The van der Waals surface area contributed by atoms with Crippen LogP contribution < -0.4 is 21.7 Å². The maximum absolute atomic E-state index is 13.0. The number of ether oxygens (including phenoxy) is 2. The van der Waals surface area contributed by atoms with Crippen molar-refractivity contribution in [1.82, 2.24) is 5.32 Å². The molecule has 0 heterocycles. The molecule has 0 unspecified atom stereocenters. The van der Waals surface area contributed by atoms with Gasteiger partial charge in [-0.2, -0.15) is 0 Å². The molecule has 3 aromatic carbocycles. The third-order valence-corrected chi connectivity index (χ3v) is 13.2. The molecule has 0 radical (unpaired) electrons. The van der Waals surface area contributed by atoms with Gasteiger partial charge in [-0.3, -0.25) is 28.8 Å². The fourth-order valence-corrected chi connectivity index (χ4v) is 8.83. The molecule has 0 aliphatic carbocycles. The molecule has 0 bridgehead atoms. The van der Waals surface area contributed by atoms with Crippen LogP contribution in [0.4, 0.5) is 17.1 Å². The van der Waals surface area contributed by atoms with Gasteiger partial charge in [0, 0.05) is 42.9 Å². The summed E-state index contributed by atoms with van der Waals surface area (Å²) in [7, 11) is -7.87. The number of carbonyl (C=O) groups excluding carboxylic acids is 7. The summed E-state index contributed by atoms with van der Waals surface area (Å²) in [6.07, 6.45) is -1.25. The molecule has 0 saturated heterocycles. The molecule has 0 aliphatic rings. The number of anilines is 3. The first-order valence-electron chi connectivity index (χ1n) is 15.0. The molecule has 0 spiro atoms. The Kier molecular flexibility index (Phi) is 15.1. The van der Waals surface area contributed by atoms with Crippen LogP contribution in [0, 0.1) is 0 Å². The molecule has 0 saturated carbocycles. The van der Waals surface area contributed by atoms with Crippen LogP contribution in [0.1, 0.15) is 37.0 Å². The van der Waals surface area contributed by atoms with Crippen LogP contribution in [-0.4, -0.2) is 76.0 Å². The Morgan fingerprint density at radius 3 is 1.51 bits per heavy atom. The van der Waals surface area contributed by atoms with Gasteiger partial charge in [0.2, 0.25) is 29.6 Å². The predicted molar refractivity (Wildman–Crippen MR) is 194 cm³/mol. The highest BCUT2D eigenvalue weighted by molar-refractivity contribution is 8.72. The van der Waals surface area contributed by atoms with Gasteiger partial charge in [-0.05, 0) is 101 Å². The van der Waals surface area contributed by atoms with Gasteiger partial charge >= 0.3 is 23.9 Å². The largest absolute Gasteiger partial charge is 0.399 e. The molecule has 17 nitrogen and oxygen atoms in total. The van der Waals surface area contributed by atoms with E-state index in [1.54, 1.807) is 0 Å². The van der Waals surface area contributed by atoms with Crippen LogP contribution in [0.3, 0.4) is 0 Å². The third kappa shape index (κ3) is 14.0. The van der Waals surface area contributed by atoms with Crippen LogP contribution >= 0.6 is 21.6 Å². The zero-order chi connectivity index (χ0) is 39.3. The summed E-state index contributed by atoms with van der Waals surface area (Å²) in [5.41, 5.74) is 6.69. The minimum Gasteiger partial charge on any atom is -0.399 e. The highest BCUT2D eigenvalue weighted by Crippen LogP contribution is 2.26. The Balaban J connectivity index is 1.60. The summed E-state index contributed by atoms with van der Waals surface area (Å²) in [5, 5.41) is 7.25. The van der Waals surface area contributed by atoms with E-state index in [1.165, 1.54) is 86.6 Å². The normalized spacial score (nSPS) is 11.7. The number of hydrogen-bond donors (Lipinski definition) is 4. The van der Waals surface area contributed by atoms with E-state index in [-0.39, 0.29) is 48.8 Å². The summed E-state index contributed by atoms with van der Waals surface area (Å²) in [4.78, 5) is 85.0. The van der Waals surface area contributed by atoms with Crippen molar-refractivity contribution in [1.29, 1.82) is 0 Å². The van der Waals surface area contributed by atoms with E-state index in [0.717, 1.165) is 0 Å². The summed E-state index contributed by atoms with van der Waals surface area (Å²) in [6, 6.07) is 14.0. The van der Waals surface area contributed by atoms with Crippen molar-refractivity contribution in [3.05, 3.63) is 78.4 Å². The zero-order valence-corrected chi connectivity index (χ0v) is 31.1. The van der Waals surface area contributed by atoms with Crippen molar-refractivity contribution in [3.8, 4) is 0 Å². The van der Waals surface area contributed by atoms with Crippen molar-refractivity contribution in [2.24, 2.45) is 0 Å². The quantitative estimate of drug-likeness (QED) is 0.0700. The van der Waals surface area contributed by atoms with Crippen molar-refractivity contribution < 1.29 is 59.9 Å². The number of benzene rings is 3. The second-order valence-electron chi connectivity index (χ2n) is 10.7. The summed E-state index contributed by atoms with van der Waals surface area (Å²) in [6.45, 7) is 2.55. The first-order chi connectivity index (χ1) is 24.8. The SMILES string of the molecule is CC(=O)Nc1ccc(S(=O)(=O)SCC(=O)OC(=O)CC[C@H](NC(=O)c2ccc(N)cc2)C(=O)OC(=O)CSS(=O)(=O)c2ccc(NC(C)=O)cc2)cc1. The molecule has 5 N–H and O–H groups in total. The highest BCUT2D eigenvalue weighted by Gasteiger charge is 2.28. The van der Waals surface area contributed by atoms with E-state index in [2.05, 4.69) is 20.7 Å². The molecule has 3 rings (SSSR count). The molecule has 3 amide bonds. The topological polar surface area (TPSA) is 268 Å². The lowest BCUT2D eigenvalue weighted by Gasteiger charge is -2.17. The molecule has 0 aromatic heterocycles. The van der Waals surface area contributed by atoms with Gasteiger partial charge < -0.3 is 31.2 Å². The van der Waals surface area contributed by atoms with E-state index in [9.17, 15) is 50.4 Å². The van der Waals surface area contributed by atoms with E-state index in [0.29, 0.717) is 17.1 Å². The molecule has 0 fully saturated rings. The smallest absolute Gasteiger partial charge is 0.336 e. The van der Waals surface area contributed by atoms with Gasteiger partial charge in [-0.1, -0.05) is 0 Å². The fraction of sp³-hybridized carbons (Fsp3) is 0.219. The second kappa shape index (κ2) is 19.0. The molecule has 1 atom stereocenters. The number of hydrogen-bond acceptors (Lipinski definition) is 16. The number of nitrogen functional groups attached to an aromatic ring is 1. The molecular weight excluding hydrogens is 777 g/mol. The van der Waals surface area contributed by atoms with Crippen molar-refractivity contribution in [2.45, 2.75) is 42.5 Å². The van der Waals surface area contributed by atoms with Crippen molar-refractivity contribution in [2.75, 3.05) is 27.9 Å². The number of esters is 4. The number of nitrogens with two attached hydrogens (primary N) is 1. The Hall–Kier alpha value is -5.25. The highest BCUT2D eigenvalue weighted by atomic mass is 33.1. The van der Waals surface area contributed by atoms with Crippen LogP contribution in [0.2, 0.25) is 0 Å². The van der Waals surface area contributed by atoms with E-state index >= 15 is 0 Å². The molecule has 3 aromatic rings. The van der Waals surface area contributed by atoms with E-state index < -0.39 is 77.9 Å². The monoisotopic (exact) mass is 808 g/mol. The molecule has 282 valence electrons. The lowest BCUT2D eigenvalue weighted by molar-refractivity contribution is -0.159. The van der Waals surface area contributed by atoms with E-state index in [4.69, 9.17) is 10.5 Å². The predicted octanol–water partition coefficient (Wildman–Crippen LogP) is 2.45. The summed E-state index contributed by atoms with van der Waals surface area (Å²) >= 11 is 0. The van der Waals surface area contributed by atoms with Gasteiger partial charge in [-0.15, -0.1) is 0 Å². The summed E-state index contributed by atoms with van der Waals surface area (Å²) < 4.78 is 60.0. The van der Waals surface area contributed by atoms with Gasteiger partial charge in [-0.25, -0.2) is 21.6 Å². The first kappa shape index (κ1) is 42.2. The lowest BCUT2D eigenvalue weighted by Crippen LogP contribution is -2.43. The van der Waals surface area contributed by atoms with Crippen LogP contribution in [0.5, 0.6) is 0 Å². The molecular formula is C32H32N4O13S4. The fourth-order valence-electron chi connectivity index (χ4n) is 4.01. The van der Waals surface area contributed by atoms with Crippen molar-refractivity contribution in [3.63, 3.8) is 0 Å². The first-order valence-corrected chi connectivity index (χ1v) is 21.0. The Morgan fingerprint density at radius 1 is 0.642 bits per heavy atom. The van der Waals surface area contributed by atoms with Gasteiger partial charge in [0.05, 0.1) is 9.79 Å². The Labute approximate surface area is 310 Å². The number of rotatable bonds is 16. The number of nitrogens with one attached hydrogen (secondary N) is 3. The van der Waals surface area contributed by atoms with Gasteiger partial charge in [0.1, 0.15) is 17.5 Å². The average Bonchev–Trinajstić information content (AvgIpc) is 3.08. The molecule has 21 heteroatoms. The van der Waals surface area contributed by atoms with Crippen LogP contribution in [-0.2, 0) is 56.0 Å². The zero-order valence-electron chi connectivity index (χ0n) is 27.9. The maximum atomic E-state index is 13.0. The average molecular weight is 809 g/mol. The van der Waals surface area contributed by atoms with Gasteiger partial charge in [0.15, 0.2) is 0 Å². The third-order valence-electron chi connectivity index (χ3n) is 6.43. The second-order valence-corrected chi connectivity index (χ2v) is 18.5. The van der Waals surface area contributed by atoms with E-state index in [1.807, 2.05) is 0 Å². The molecule has 53 heavy (non-hydrogen) atoms. The maximum Gasteiger partial charge on any atom is 0.336 e. The summed E-state index contributed by atoms with van der Waals surface area (Å²) in [5.74, 6) is -8.32. The Bertz CT molecular complexity index is 2090. The van der Waals surface area contributed by atoms with Gasteiger partial charge in [0.25, 0.3) is 5.91 Å². The standard InChI is InChI=1S/C32H32N4O13S4/c1-19(37)34-23-7-11-25(12-8-23)52(44,45)50-17-29(40)48-28(39)16-15-27(36-31(42)21-3-5-22(33)6-4-21)32(43)49-30(41)18-51-53(46,47)26-13-9-24(10-14-26)35-20(2)38/h3-14,27H,15-18,33H2,1-2H3,(H,34,37)(H,35,38)(H,36,42)/t27-/m0/s1. The van der Waals surface area contributed by atoms with Crippen LogP contribution in [0.15, 0.2) is 82.6 Å². The number of carbonyl (C=O) groups is 7. The van der Waals surface area contributed by atoms with Crippen molar-refractivity contribution >= 4 is 98.0 Å². The number of amides is 3. The minimum absolute atomic E-state index is 0.0373.